The molecule has 2 atom stereocenters. The number of aryl methyl sites for hydroxylation is 1. The standard InChI is InChI=1S/C28H35N5O2/c1-19-6-3-7-20-8-4-10-22(26(19)20)25-16-24-23(18-34-25)27(33-14-11-29-12-15-33)31-28(30-24)35-17-21-9-5-13-32(21)2/h3-4,6-8,10,21,25,29H,5,9,11-18H2,1-2H3/t21-,25?/m0/s1. The molecule has 35 heavy (non-hydrogen) atoms. The highest BCUT2D eigenvalue weighted by Gasteiger charge is 2.30. The van der Waals surface area contributed by atoms with Gasteiger partial charge in [0.1, 0.15) is 12.4 Å². The molecule has 1 N–H and O–H groups in total. The van der Waals surface area contributed by atoms with E-state index in [2.05, 4.69) is 65.5 Å². The van der Waals surface area contributed by atoms with Gasteiger partial charge in [0.25, 0.3) is 0 Å². The summed E-state index contributed by atoms with van der Waals surface area (Å²) in [6.07, 6.45) is 3.09. The quantitative estimate of drug-likeness (QED) is 0.607. The molecule has 0 saturated carbocycles. The summed E-state index contributed by atoms with van der Waals surface area (Å²) in [7, 11) is 2.18. The van der Waals surface area contributed by atoms with E-state index in [0.29, 0.717) is 25.3 Å². The zero-order valence-electron chi connectivity index (χ0n) is 20.8. The molecule has 3 aromatic rings. The fraction of sp³-hybridized carbons (Fsp3) is 0.500. The summed E-state index contributed by atoms with van der Waals surface area (Å²) in [6.45, 7) is 8.25. The van der Waals surface area contributed by atoms with E-state index in [1.165, 1.54) is 34.7 Å². The lowest BCUT2D eigenvalue weighted by molar-refractivity contribution is 0.0265. The van der Waals surface area contributed by atoms with E-state index in [0.717, 1.165) is 56.2 Å². The van der Waals surface area contributed by atoms with Crippen molar-refractivity contribution in [3.05, 3.63) is 58.8 Å². The minimum absolute atomic E-state index is 0.0353. The minimum Gasteiger partial charge on any atom is -0.462 e. The number of rotatable bonds is 5. The fourth-order valence-electron chi connectivity index (χ4n) is 5.82. The lowest BCUT2D eigenvalue weighted by atomic mass is 9.92. The highest BCUT2D eigenvalue weighted by molar-refractivity contribution is 5.89. The number of likely N-dealkylation sites (N-methyl/N-ethyl adjacent to an activating group) is 1. The number of fused-ring (bicyclic) bond motifs is 2. The van der Waals surface area contributed by atoms with Crippen molar-refractivity contribution in [3.63, 3.8) is 0 Å². The molecule has 0 bridgehead atoms. The summed E-state index contributed by atoms with van der Waals surface area (Å²) in [5.41, 5.74) is 4.70. The summed E-state index contributed by atoms with van der Waals surface area (Å²) in [5, 5.41) is 5.99. The first kappa shape index (κ1) is 22.7. The zero-order chi connectivity index (χ0) is 23.8. The summed E-state index contributed by atoms with van der Waals surface area (Å²) >= 11 is 0. The van der Waals surface area contributed by atoms with Crippen molar-refractivity contribution in [1.29, 1.82) is 0 Å². The number of nitrogens with zero attached hydrogens (tertiary/aromatic N) is 4. The van der Waals surface area contributed by atoms with Gasteiger partial charge in [-0.3, -0.25) is 0 Å². The smallest absolute Gasteiger partial charge is 0.318 e. The summed E-state index contributed by atoms with van der Waals surface area (Å²) < 4.78 is 12.8. The predicted octanol–water partition coefficient (Wildman–Crippen LogP) is 3.63. The maximum absolute atomic E-state index is 6.51. The Morgan fingerprint density at radius 3 is 2.71 bits per heavy atom. The van der Waals surface area contributed by atoms with Crippen molar-refractivity contribution >= 4 is 16.6 Å². The molecule has 4 heterocycles. The van der Waals surface area contributed by atoms with E-state index in [-0.39, 0.29) is 6.10 Å². The Balaban J connectivity index is 1.33. The molecule has 1 aromatic heterocycles. The molecule has 0 radical (unpaired) electrons. The van der Waals surface area contributed by atoms with Crippen molar-refractivity contribution < 1.29 is 9.47 Å². The largest absolute Gasteiger partial charge is 0.462 e. The normalized spacial score (nSPS) is 23.0. The van der Waals surface area contributed by atoms with Gasteiger partial charge in [-0.25, -0.2) is 0 Å². The van der Waals surface area contributed by atoms with Crippen LogP contribution in [0, 0.1) is 6.92 Å². The number of hydrogen-bond donors (Lipinski definition) is 1. The van der Waals surface area contributed by atoms with E-state index >= 15 is 0 Å². The predicted molar refractivity (Wildman–Crippen MR) is 138 cm³/mol. The fourth-order valence-corrected chi connectivity index (χ4v) is 5.82. The number of hydrogen-bond acceptors (Lipinski definition) is 7. The van der Waals surface area contributed by atoms with Crippen LogP contribution in [0.2, 0.25) is 0 Å². The molecule has 6 rings (SSSR count). The van der Waals surface area contributed by atoms with Crippen molar-refractivity contribution in [2.24, 2.45) is 0 Å². The second-order valence-electron chi connectivity index (χ2n) is 10.1. The monoisotopic (exact) mass is 473 g/mol. The Kier molecular flexibility index (Phi) is 6.31. The molecule has 3 aliphatic rings. The molecule has 7 nitrogen and oxygen atoms in total. The number of benzene rings is 2. The number of likely N-dealkylation sites (tertiary alicyclic amines) is 1. The van der Waals surface area contributed by atoms with Crippen LogP contribution in [0.5, 0.6) is 6.01 Å². The van der Waals surface area contributed by atoms with E-state index in [9.17, 15) is 0 Å². The molecular formula is C28H35N5O2. The van der Waals surface area contributed by atoms with Gasteiger partial charge in [-0.15, -0.1) is 0 Å². The number of aromatic nitrogens is 2. The van der Waals surface area contributed by atoms with E-state index in [4.69, 9.17) is 19.4 Å². The molecule has 3 aliphatic heterocycles. The molecule has 2 saturated heterocycles. The Bertz CT molecular complexity index is 1200. The van der Waals surface area contributed by atoms with Crippen LogP contribution in [-0.4, -0.2) is 67.3 Å². The van der Waals surface area contributed by atoms with Gasteiger partial charge in [-0.2, -0.15) is 9.97 Å². The third-order valence-electron chi connectivity index (χ3n) is 7.84. The van der Waals surface area contributed by atoms with Crippen LogP contribution < -0.4 is 15.0 Å². The van der Waals surface area contributed by atoms with Gasteiger partial charge in [0.05, 0.1) is 18.4 Å². The number of ether oxygens (including phenoxy) is 2. The number of piperazine rings is 1. The third-order valence-corrected chi connectivity index (χ3v) is 7.84. The summed E-state index contributed by atoms with van der Waals surface area (Å²) in [6, 6.07) is 13.9. The van der Waals surface area contributed by atoms with Crippen LogP contribution in [0.1, 0.15) is 41.3 Å². The van der Waals surface area contributed by atoms with Crippen LogP contribution in [0.3, 0.4) is 0 Å². The maximum atomic E-state index is 6.51. The Morgan fingerprint density at radius 1 is 1.09 bits per heavy atom. The summed E-state index contributed by atoms with van der Waals surface area (Å²) in [5.74, 6) is 0.985. The second kappa shape index (κ2) is 9.72. The second-order valence-corrected chi connectivity index (χ2v) is 10.1. The maximum Gasteiger partial charge on any atom is 0.318 e. The Hall–Kier alpha value is -2.74. The molecule has 0 spiro atoms. The van der Waals surface area contributed by atoms with Gasteiger partial charge in [0.2, 0.25) is 0 Å². The van der Waals surface area contributed by atoms with Crippen molar-refractivity contribution in [3.8, 4) is 6.01 Å². The molecule has 2 aromatic carbocycles. The average molecular weight is 474 g/mol. The highest BCUT2D eigenvalue weighted by atomic mass is 16.5. The van der Waals surface area contributed by atoms with Crippen LogP contribution in [-0.2, 0) is 17.8 Å². The molecule has 2 fully saturated rings. The van der Waals surface area contributed by atoms with Crippen LogP contribution in [0.15, 0.2) is 36.4 Å². The minimum atomic E-state index is -0.0353. The van der Waals surface area contributed by atoms with Crippen molar-refractivity contribution in [2.45, 2.75) is 44.9 Å². The first-order valence-electron chi connectivity index (χ1n) is 13.0. The lowest BCUT2D eigenvalue weighted by Gasteiger charge is -2.33. The lowest BCUT2D eigenvalue weighted by Crippen LogP contribution is -2.44. The van der Waals surface area contributed by atoms with Crippen LogP contribution in [0.4, 0.5) is 5.82 Å². The number of nitrogens with one attached hydrogen (secondary N) is 1. The molecule has 184 valence electrons. The SMILES string of the molecule is Cc1cccc2cccc(C3Cc4nc(OC[C@@H]5CCCN5C)nc(N5CCNCC5)c4CO3)c12. The van der Waals surface area contributed by atoms with Crippen LogP contribution in [0.25, 0.3) is 10.8 Å². The zero-order valence-corrected chi connectivity index (χ0v) is 20.8. The van der Waals surface area contributed by atoms with Gasteiger partial charge in [0, 0.05) is 44.2 Å². The van der Waals surface area contributed by atoms with Gasteiger partial charge < -0.3 is 24.6 Å². The third kappa shape index (κ3) is 4.48. The molecule has 1 unspecified atom stereocenters. The van der Waals surface area contributed by atoms with Gasteiger partial charge in [-0.1, -0.05) is 36.4 Å². The van der Waals surface area contributed by atoms with E-state index < -0.39 is 0 Å². The molecule has 7 heteroatoms. The van der Waals surface area contributed by atoms with E-state index in [1.54, 1.807) is 0 Å². The Labute approximate surface area is 207 Å². The molecule has 0 aliphatic carbocycles. The topological polar surface area (TPSA) is 62.8 Å². The average Bonchev–Trinajstić information content (AvgIpc) is 3.31. The Morgan fingerprint density at radius 2 is 1.91 bits per heavy atom. The molecule has 0 amide bonds. The van der Waals surface area contributed by atoms with Gasteiger partial charge >= 0.3 is 6.01 Å². The van der Waals surface area contributed by atoms with Gasteiger partial charge in [0.15, 0.2) is 0 Å². The van der Waals surface area contributed by atoms with E-state index in [1.807, 2.05) is 0 Å². The van der Waals surface area contributed by atoms with Crippen LogP contribution >= 0.6 is 0 Å². The van der Waals surface area contributed by atoms with Crippen molar-refractivity contribution in [1.82, 2.24) is 20.2 Å². The highest BCUT2D eigenvalue weighted by Crippen LogP contribution is 2.38. The molecular weight excluding hydrogens is 438 g/mol. The first-order valence-corrected chi connectivity index (χ1v) is 13.0. The van der Waals surface area contributed by atoms with Crippen molar-refractivity contribution in [2.75, 3.05) is 51.3 Å². The first-order chi connectivity index (χ1) is 17.2. The van der Waals surface area contributed by atoms with Gasteiger partial charge in [-0.05, 0) is 55.3 Å². The summed E-state index contributed by atoms with van der Waals surface area (Å²) in [4.78, 5) is 14.6. The number of anilines is 1.